The Morgan fingerprint density at radius 2 is 1.83 bits per heavy atom. The van der Waals surface area contributed by atoms with E-state index in [0.717, 1.165) is 21.5 Å². The van der Waals surface area contributed by atoms with Crippen LogP contribution in [0.1, 0.15) is 0 Å². The third-order valence-electron chi connectivity index (χ3n) is 1.89. The quantitative estimate of drug-likeness (QED) is 0.554. The molecule has 12 heavy (non-hydrogen) atoms. The van der Waals surface area contributed by atoms with Crippen molar-refractivity contribution in [3.63, 3.8) is 0 Å². The molecule has 1 nitrogen and oxygen atoms in total. The lowest BCUT2D eigenvalue weighted by Gasteiger charge is -1.94. The van der Waals surface area contributed by atoms with Crippen molar-refractivity contribution in [2.24, 2.45) is 0 Å². The van der Waals surface area contributed by atoms with E-state index < -0.39 is 0 Å². The first kappa shape index (κ1) is 7.04. The van der Waals surface area contributed by atoms with E-state index >= 15 is 0 Å². The summed E-state index contributed by atoms with van der Waals surface area (Å²) in [5.74, 6) is 0. The van der Waals surface area contributed by atoms with Gasteiger partial charge in [0, 0.05) is 5.39 Å². The SMILES string of the molecule is C=c1cc2ccccc2nc1=C. The second kappa shape index (κ2) is 2.45. The van der Waals surface area contributed by atoms with Gasteiger partial charge >= 0.3 is 0 Å². The summed E-state index contributed by atoms with van der Waals surface area (Å²) in [5, 5.41) is 2.78. The molecule has 0 amide bonds. The Hall–Kier alpha value is -1.63. The highest BCUT2D eigenvalue weighted by Crippen LogP contribution is 2.04. The minimum absolute atomic E-state index is 0.758. The number of para-hydroxylation sites is 1. The largest absolute Gasteiger partial charge is 0.248 e. The molecule has 0 N–H and O–H groups in total. The van der Waals surface area contributed by atoms with E-state index in [9.17, 15) is 0 Å². The fourth-order valence-electron chi connectivity index (χ4n) is 1.20. The first-order valence-corrected chi connectivity index (χ1v) is 3.81. The van der Waals surface area contributed by atoms with Gasteiger partial charge < -0.3 is 0 Å². The molecule has 2 aromatic rings. The number of aromatic nitrogens is 1. The van der Waals surface area contributed by atoms with E-state index in [0.29, 0.717) is 0 Å². The molecular weight excluding hydrogens is 146 g/mol. The van der Waals surface area contributed by atoms with Crippen LogP contribution in [-0.4, -0.2) is 4.98 Å². The maximum atomic E-state index is 4.30. The second-order valence-electron chi connectivity index (χ2n) is 2.79. The highest BCUT2D eigenvalue weighted by Gasteiger charge is 1.90. The summed E-state index contributed by atoms with van der Waals surface area (Å²) >= 11 is 0. The van der Waals surface area contributed by atoms with Gasteiger partial charge in [-0.15, -0.1) is 0 Å². The maximum absolute atomic E-state index is 4.30. The Balaban J connectivity index is 3.03. The van der Waals surface area contributed by atoms with Gasteiger partial charge in [0.1, 0.15) is 0 Å². The van der Waals surface area contributed by atoms with E-state index in [4.69, 9.17) is 0 Å². The molecule has 0 unspecified atom stereocenters. The smallest absolute Gasteiger partial charge is 0.0709 e. The zero-order valence-electron chi connectivity index (χ0n) is 6.75. The van der Waals surface area contributed by atoms with Crippen LogP contribution in [0.5, 0.6) is 0 Å². The van der Waals surface area contributed by atoms with Crippen LogP contribution >= 0.6 is 0 Å². The third-order valence-corrected chi connectivity index (χ3v) is 1.89. The average molecular weight is 155 g/mol. The predicted octanol–water partition coefficient (Wildman–Crippen LogP) is 1.06. The van der Waals surface area contributed by atoms with Gasteiger partial charge in [0.25, 0.3) is 0 Å². The highest BCUT2D eigenvalue weighted by atomic mass is 14.7. The summed E-state index contributed by atoms with van der Waals surface area (Å²) in [6, 6.07) is 9.97. The second-order valence-corrected chi connectivity index (χ2v) is 2.79. The Labute approximate surface area is 70.7 Å². The topological polar surface area (TPSA) is 12.9 Å². The van der Waals surface area contributed by atoms with Gasteiger partial charge in [-0.25, -0.2) is 4.98 Å². The molecule has 1 heteroatoms. The van der Waals surface area contributed by atoms with Gasteiger partial charge in [-0.2, -0.15) is 0 Å². The van der Waals surface area contributed by atoms with Crippen LogP contribution in [0.2, 0.25) is 0 Å². The molecule has 0 saturated heterocycles. The standard InChI is InChI=1S/C11H9N/c1-8-7-10-5-3-4-6-11(10)12-9(8)2/h3-7H,1-2H2. The molecule has 0 radical (unpaired) electrons. The molecule has 0 aliphatic carbocycles. The van der Waals surface area contributed by atoms with E-state index in [-0.39, 0.29) is 0 Å². The van der Waals surface area contributed by atoms with Gasteiger partial charge in [0.15, 0.2) is 0 Å². The lowest BCUT2D eigenvalue weighted by atomic mass is 10.2. The predicted molar refractivity (Wildman–Crippen MR) is 52.0 cm³/mol. The molecule has 1 aromatic heterocycles. The van der Waals surface area contributed by atoms with Gasteiger partial charge in [0.05, 0.1) is 10.9 Å². The van der Waals surface area contributed by atoms with Gasteiger partial charge in [-0.05, 0) is 17.4 Å². The minimum Gasteiger partial charge on any atom is -0.248 e. The molecule has 0 bridgehead atoms. The van der Waals surface area contributed by atoms with Crippen molar-refractivity contribution in [2.45, 2.75) is 0 Å². The zero-order chi connectivity index (χ0) is 8.55. The van der Waals surface area contributed by atoms with Crippen LogP contribution in [0, 0.1) is 0 Å². The Morgan fingerprint density at radius 1 is 1.08 bits per heavy atom. The molecular formula is C11H9N. The first-order chi connectivity index (χ1) is 5.77. The summed E-state index contributed by atoms with van der Waals surface area (Å²) in [6.45, 7) is 7.64. The number of hydrogen-bond donors (Lipinski definition) is 0. The Kier molecular flexibility index (Phi) is 1.44. The maximum Gasteiger partial charge on any atom is 0.0709 e. The molecule has 0 saturated carbocycles. The summed E-state index contributed by atoms with van der Waals surface area (Å²) in [7, 11) is 0. The lowest BCUT2D eigenvalue weighted by molar-refractivity contribution is 1.30. The normalized spacial score (nSPS) is 10.3. The minimum atomic E-state index is 0.758. The van der Waals surface area contributed by atoms with Crippen molar-refractivity contribution in [3.8, 4) is 0 Å². The monoisotopic (exact) mass is 155 g/mol. The molecule has 0 fully saturated rings. The lowest BCUT2D eigenvalue weighted by Crippen LogP contribution is -2.24. The molecule has 1 heterocycles. The number of rotatable bonds is 0. The molecule has 0 aliphatic heterocycles. The van der Waals surface area contributed by atoms with Crippen molar-refractivity contribution < 1.29 is 0 Å². The highest BCUT2D eigenvalue weighted by molar-refractivity contribution is 5.78. The Morgan fingerprint density at radius 3 is 2.67 bits per heavy atom. The van der Waals surface area contributed by atoms with E-state index in [1.54, 1.807) is 0 Å². The molecule has 1 aromatic carbocycles. The summed E-state index contributed by atoms with van der Waals surface area (Å²) in [5.41, 5.74) is 0.981. The van der Waals surface area contributed by atoms with Gasteiger partial charge in [-0.3, -0.25) is 0 Å². The Bertz CT molecular complexity index is 466. The van der Waals surface area contributed by atoms with Gasteiger partial charge in [-0.1, -0.05) is 31.4 Å². The van der Waals surface area contributed by atoms with Crippen LogP contribution in [-0.2, 0) is 0 Å². The van der Waals surface area contributed by atoms with E-state index in [1.165, 1.54) is 0 Å². The molecule has 2 rings (SSSR count). The van der Waals surface area contributed by atoms with Crippen LogP contribution in [0.3, 0.4) is 0 Å². The number of pyridine rings is 1. The first-order valence-electron chi connectivity index (χ1n) is 3.81. The average Bonchev–Trinajstić information content (AvgIpc) is 2.07. The third kappa shape index (κ3) is 0.996. The molecule has 0 atom stereocenters. The van der Waals surface area contributed by atoms with Crippen LogP contribution in [0.4, 0.5) is 0 Å². The number of hydrogen-bond acceptors (Lipinski definition) is 1. The fraction of sp³-hybridized carbons (Fsp3) is 0. The molecule has 58 valence electrons. The van der Waals surface area contributed by atoms with E-state index in [1.807, 2.05) is 30.3 Å². The van der Waals surface area contributed by atoms with Gasteiger partial charge in [0.2, 0.25) is 0 Å². The summed E-state index contributed by atoms with van der Waals surface area (Å²) < 4.78 is 0. The zero-order valence-corrected chi connectivity index (χ0v) is 6.75. The number of nitrogens with zero attached hydrogens (tertiary/aromatic N) is 1. The van der Waals surface area contributed by atoms with Crippen LogP contribution in [0.25, 0.3) is 24.1 Å². The van der Waals surface area contributed by atoms with Crippen molar-refractivity contribution in [3.05, 3.63) is 40.9 Å². The van der Waals surface area contributed by atoms with Crippen molar-refractivity contribution in [1.82, 2.24) is 4.98 Å². The number of fused-ring (bicyclic) bond motifs is 1. The molecule has 0 spiro atoms. The van der Waals surface area contributed by atoms with E-state index in [2.05, 4.69) is 18.1 Å². The fourth-order valence-corrected chi connectivity index (χ4v) is 1.20. The molecule has 0 aliphatic rings. The van der Waals surface area contributed by atoms with Crippen LogP contribution < -0.4 is 10.6 Å². The number of benzene rings is 1. The van der Waals surface area contributed by atoms with Crippen molar-refractivity contribution in [2.75, 3.05) is 0 Å². The van der Waals surface area contributed by atoms with Crippen molar-refractivity contribution >= 4 is 24.1 Å². The summed E-state index contributed by atoms with van der Waals surface area (Å²) in [6.07, 6.45) is 0. The van der Waals surface area contributed by atoms with Crippen molar-refractivity contribution in [1.29, 1.82) is 0 Å². The summed E-state index contributed by atoms with van der Waals surface area (Å²) in [4.78, 5) is 4.30. The van der Waals surface area contributed by atoms with Crippen LogP contribution in [0.15, 0.2) is 30.3 Å².